The second-order valence-electron chi connectivity index (χ2n) is 4.61. The van der Waals surface area contributed by atoms with E-state index in [-0.39, 0.29) is 5.97 Å². The van der Waals surface area contributed by atoms with Gasteiger partial charge in [0.25, 0.3) is 0 Å². The van der Waals surface area contributed by atoms with Crippen LogP contribution in [-0.2, 0) is 9.53 Å². The first-order chi connectivity index (χ1) is 9.60. The van der Waals surface area contributed by atoms with Crippen LogP contribution >= 0.6 is 11.6 Å². The molecule has 5 nitrogen and oxygen atoms in total. The number of ether oxygens (including phenoxy) is 1. The first kappa shape index (κ1) is 15.0. The summed E-state index contributed by atoms with van der Waals surface area (Å²) in [7, 11) is 1.38. The van der Waals surface area contributed by atoms with E-state index in [1.165, 1.54) is 19.4 Å². The fraction of sp³-hybridized carbons (Fsp3) is 0.538. The zero-order valence-electron chi connectivity index (χ0n) is 11.3. The molecule has 1 fully saturated rings. The molecule has 1 aliphatic rings. The Morgan fingerprint density at radius 3 is 2.75 bits per heavy atom. The number of aromatic nitrogens is 1. The summed E-state index contributed by atoms with van der Waals surface area (Å²) in [5.41, 5.74) is 0. The summed E-state index contributed by atoms with van der Waals surface area (Å²) in [6, 6.07) is 1.27. The maximum absolute atomic E-state index is 13.8. The molecule has 1 aromatic heterocycles. The van der Waals surface area contributed by atoms with Gasteiger partial charge in [-0.05, 0) is 6.07 Å². The normalized spacial score (nSPS) is 16.2. The van der Waals surface area contributed by atoms with Crippen LogP contribution in [0.2, 0.25) is 5.02 Å². The van der Waals surface area contributed by atoms with E-state index >= 15 is 0 Å². The Hall–Kier alpha value is -1.40. The van der Waals surface area contributed by atoms with Crippen molar-refractivity contribution >= 4 is 23.4 Å². The molecule has 0 atom stereocenters. The number of rotatable bonds is 4. The van der Waals surface area contributed by atoms with E-state index in [1.807, 2.05) is 4.90 Å². The van der Waals surface area contributed by atoms with Crippen LogP contribution in [-0.4, -0.2) is 55.7 Å². The number of anilines is 1. The summed E-state index contributed by atoms with van der Waals surface area (Å²) in [4.78, 5) is 19.2. The number of hydrogen-bond acceptors (Lipinski definition) is 5. The Bertz CT molecular complexity index is 479. The second kappa shape index (κ2) is 6.85. The number of carbonyl (C=O) groups is 1. The molecule has 0 aromatic carbocycles. The topological polar surface area (TPSA) is 45.7 Å². The van der Waals surface area contributed by atoms with Gasteiger partial charge in [-0.3, -0.25) is 9.69 Å². The molecule has 0 saturated carbocycles. The zero-order valence-corrected chi connectivity index (χ0v) is 12.1. The van der Waals surface area contributed by atoms with Gasteiger partial charge >= 0.3 is 5.97 Å². The van der Waals surface area contributed by atoms with E-state index in [9.17, 15) is 9.18 Å². The molecule has 7 heteroatoms. The molecule has 2 heterocycles. The molecule has 0 unspecified atom stereocenters. The van der Waals surface area contributed by atoms with Gasteiger partial charge in [-0.2, -0.15) is 0 Å². The van der Waals surface area contributed by atoms with E-state index in [0.29, 0.717) is 36.9 Å². The standard InChI is InChI=1S/C13H17ClFN3O2/c1-20-12(19)2-3-17-4-6-18(7-5-17)13-11(15)8-10(14)9-16-13/h8-9H,2-7H2,1H3. The van der Waals surface area contributed by atoms with E-state index in [0.717, 1.165) is 13.1 Å². The summed E-state index contributed by atoms with van der Waals surface area (Å²) < 4.78 is 18.4. The predicted molar refractivity (Wildman–Crippen MR) is 74.5 cm³/mol. The van der Waals surface area contributed by atoms with Crippen molar-refractivity contribution in [3.8, 4) is 0 Å². The Balaban J connectivity index is 1.86. The van der Waals surface area contributed by atoms with Gasteiger partial charge in [0.05, 0.1) is 18.6 Å². The van der Waals surface area contributed by atoms with Gasteiger partial charge < -0.3 is 9.64 Å². The summed E-state index contributed by atoms with van der Waals surface area (Å²) in [5, 5.41) is 0.294. The molecular weight excluding hydrogens is 285 g/mol. The molecule has 0 aliphatic carbocycles. The van der Waals surface area contributed by atoms with Crippen molar-refractivity contribution < 1.29 is 13.9 Å². The molecule has 0 N–H and O–H groups in total. The molecule has 0 radical (unpaired) electrons. The van der Waals surface area contributed by atoms with Crippen molar-refractivity contribution in [2.45, 2.75) is 6.42 Å². The lowest BCUT2D eigenvalue weighted by Crippen LogP contribution is -2.47. The third kappa shape index (κ3) is 3.80. The Morgan fingerprint density at radius 2 is 2.15 bits per heavy atom. The van der Waals surface area contributed by atoms with Gasteiger partial charge in [0, 0.05) is 38.9 Å². The van der Waals surface area contributed by atoms with E-state index in [1.54, 1.807) is 0 Å². The van der Waals surface area contributed by atoms with Crippen LogP contribution in [0.1, 0.15) is 6.42 Å². The van der Waals surface area contributed by atoms with Crippen molar-refractivity contribution in [2.75, 3.05) is 44.7 Å². The first-order valence-electron chi connectivity index (χ1n) is 6.45. The molecule has 1 saturated heterocycles. The molecule has 1 aromatic rings. The number of carbonyl (C=O) groups excluding carboxylic acids is 1. The summed E-state index contributed by atoms with van der Waals surface area (Å²) >= 11 is 5.69. The average molecular weight is 302 g/mol. The number of esters is 1. The highest BCUT2D eigenvalue weighted by atomic mass is 35.5. The third-order valence-corrected chi connectivity index (χ3v) is 3.53. The third-order valence-electron chi connectivity index (χ3n) is 3.32. The Morgan fingerprint density at radius 1 is 1.45 bits per heavy atom. The zero-order chi connectivity index (χ0) is 14.5. The lowest BCUT2D eigenvalue weighted by atomic mass is 10.2. The van der Waals surface area contributed by atoms with Crippen LogP contribution in [0.5, 0.6) is 0 Å². The minimum Gasteiger partial charge on any atom is -0.469 e. The fourth-order valence-corrected chi connectivity index (χ4v) is 2.32. The number of hydrogen-bond donors (Lipinski definition) is 0. The molecule has 2 rings (SSSR count). The molecule has 110 valence electrons. The minimum atomic E-state index is -0.402. The van der Waals surface area contributed by atoms with Gasteiger partial charge in [0.1, 0.15) is 0 Å². The second-order valence-corrected chi connectivity index (χ2v) is 5.05. The molecule has 0 amide bonds. The molecule has 20 heavy (non-hydrogen) atoms. The number of nitrogens with zero attached hydrogens (tertiary/aromatic N) is 3. The van der Waals surface area contributed by atoms with Crippen LogP contribution in [0, 0.1) is 5.82 Å². The van der Waals surface area contributed by atoms with Gasteiger partial charge in [0.15, 0.2) is 11.6 Å². The van der Waals surface area contributed by atoms with E-state index in [4.69, 9.17) is 11.6 Å². The van der Waals surface area contributed by atoms with Crippen LogP contribution in [0.25, 0.3) is 0 Å². The highest BCUT2D eigenvalue weighted by Crippen LogP contribution is 2.20. The van der Waals surface area contributed by atoms with E-state index in [2.05, 4.69) is 14.6 Å². The lowest BCUT2D eigenvalue weighted by Gasteiger charge is -2.35. The van der Waals surface area contributed by atoms with Crippen molar-refractivity contribution in [1.29, 1.82) is 0 Å². The molecule has 0 bridgehead atoms. The van der Waals surface area contributed by atoms with Crippen LogP contribution in [0.3, 0.4) is 0 Å². The number of halogens is 2. The smallest absolute Gasteiger partial charge is 0.306 e. The van der Waals surface area contributed by atoms with Gasteiger partial charge in [-0.1, -0.05) is 11.6 Å². The summed E-state index contributed by atoms with van der Waals surface area (Å²) in [5.74, 6) is -0.277. The van der Waals surface area contributed by atoms with Crippen molar-refractivity contribution in [3.63, 3.8) is 0 Å². The SMILES string of the molecule is COC(=O)CCN1CCN(c2ncc(Cl)cc2F)CC1. The highest BCUT2D eigenvalue weighted by molar-refractivity contribution is 6.30. The number of pyridine rings is 1. The Kier molecular flexibility index (Phi) is 5.14. The van der Waals surface area contributed by atoms with Gasteiger partial charge in [0.2, 0.25) is 0 Å². The van der Waals surface area contributed by atoms with Crippen molar-refractivity contribution in [1.82, 2.24) is 9.88 Å². The number of methoxy groups -OCH3 is 1. The van der Waals surface area contributed by atoms with E-state index < -0.39 is 5.82 Å². The molecule has 1 aliphatic heterocycles. The summed E-state index contributed by atoms with van der Waals surface area (Å²) in [6.45, 7) is 3.54. The lowest BCUT2D eigenvalue weighted by molar-refractivity contribution is -0.141. The fourth-order valence-electron chi connectivity index (χ4n) is 2.17. The van der Waals surface area contributed by atoms with Gasteiger partial charge in [-0.25, -0.2) is 9.37 Å². The average Bonchev–Trinajstić information content (AvgIpc) is 2.45. The Labute approximate surface area is 122 Å². The van der Waals surface area contributed by atoms with Crippen LogP contribution in [0.15, 0.2) is 12.3 Å². The number of piperazine rings is 1. The predicted octanol–water partition coefficient (Wildman–Crippen LogP) is 1.56. The van der Waals surface area contributed by atoms with Crippen LogP contribution < -0.4 is 4.90 Å². The summed E-state index contributed by atoms with van der Waals surface area (Å²) in [6.07, 6.45) is 1.83. The minimum absolute atomic E-state index is 0.210. The van der Waals surface area contributed by atoms with Crippen molar-refractivity contribution in [2.24, 2.45) is 0 Å². The van der Waals surface area contributed by atoms with Crippen LogP contribution in [0.4, 0.5) is 10.2 Å². The quantitative estimate of drug-likeness (QED) is 0.790. The van der Waals surface area contributed by atoms with Crippen molar-refractivity contribution in [3.05, 3.63) is 23.1 Å². The highest BCUT2D eigenvalue weighted by Gasteiger charge is 2.21. The van der Waals surface area contributed by atoms with Gasteiger partial charge in [-0.15, -0.1) is 0 Å². The maximum atomic E-state index is 13.8. The maximum Gasteiger partial charge on any atom is 0.306 e. The molecule has 0 spiro atoms. The first-order valence-corrected chi connectivity index (χ1v) is 6.83. The molecular formula is C13H17ClFN3O2. The monoisotopic (exact) mass is 301 g/mol. The largest absolute Gasteiger partial charge is 0.469 e.